The van der Waals surface area contributed by atoms with Crippen molar-refractivity contribution in [2.75, 3.05) is 0 Å². The topological polar surface area (TPSA) is 23.8 Å². The fraction of sp³-hybridized carbons (Fsp3) is 0.357. The van der Waals surface area contributed by atoms with E-state index < -0.39 is 0 Å². The van der Waals surface area contributed by atoms with Crippen molar-refractivity contribution < 1.29 is 0 Å². The van der Waals surface area contributed by atoms with E-state index in [4.69, 9.17) is 5.26 Å². The zero-order valence-corrected chi connectivity index (χ0v) is 10.6. The molecular weight excluding hydrogens is 214 g/mol. The summed E-state index contributed by atoms with van der Waals surface area (Å²) >= 11 is 1.69. The third-order valence-electron chi connectivity index (χ3n) is 2.19. The maximum absolute atomic E-state index is 8.74. The molecule has 0 spiro atoms. The van der Waals surface area contributed by atoms with Gasteiger partial charge in [0.05, 0.1) is 6.07 Å². The summed E-state index contributed by atoms with van der Waals surface area (Å²) in [5, 5.41) is 8.74. The van der Waals surface area contributed by atoms with Crippen LogP contribution in [0.5, 0.6) is 0 Å². The van der Waals surface area contributed by atoms with Crippen LogP contribution in [-0.2, 0) is 0 Å². The van der Waals surface area contributed by atoms with Gasteiger partial charge in [0.2, 0.25) is 0 Å². The molecule has 1 nitrogen and oxygen atoms in total. The smallest absolute Gasteiger partial charge is 0.0920 e. The SMILES string of the molecule is CC(C)CC/C(=C/C#N)Sc1ccccc1. The van der Waals surface area contributed by atoms with Gasteiger partial charge >= 0.3 is 0 Å². The summed E-state index contributed by atoms with van der Waals surface area (Å²) in [4.78, 5) is 2.36. The van der Waals surface area contributed by atoms with E-state index in [-0.39, 0.29) is 0 Å². The predicted octanol–water partition coefficient (Wildman–Crippen LogP) is 4.62. The van der Waals surface area contributed by atoms with Gasteiger partial charge in [-0.1, -0.05) is 43.8 Å². The fourth-order valence-electron chi connectivity index (χ4n) is 1.30. The van der Waals surface area contributed by atoms with Gasteiger partial charge in [0, 0.05) is 15.9 Å². The van der Waals surface area contributed by atoms with Gasteiger partial charge in [0.25, 0.3) is 0 Å². The van der Waals surface area contributed by atoms with Gasteiger partial charge in [-0.3, -0.25) is 0 Å². The predicted molar refractivity (Wildman–Crippen MR) is 70.1 cm³/mol. The molecule has 0 saturated carbocycles. The maximum Gasteiger partial charge on any atom is 0.0920 e. The van der Waals surface area contributed by atoms with E-state index in [0.717, 1.165) is 17.7 Å². The van der Waals surface area contributed by atoms with Crippen LogP contribution in [0.2, 0.25) is 0 Å². The zero-order valence-electron chi connectivity index (χ0n) is 9.81. The highest BCUT2D eigenvalue weighted by Gasteiger charge is 2.02. The Morgan fingerprint density at radius 3 is 2.62 bits per heavy atom. The first-order valence-corrected chi connectivity index (χ1v) is 6.35. The van der Waals surface area contributed by atoms with Crippen molar-refractivity contribution in [3.8, 4) is 6.07 Å². The largest absolute Gasteiger partial charge is 0.193 e. The summed E-state index contributed by atoms with van der Waals surface area (Å²) in [5.74, 6) is 0.679. The second kappa shape index (κ2) is 7.14. The van der Waals surface area contributed by atoms with Crippen LogP contribution < -0.4 is 0 Å². The number of nitriles is 1. The van der Waals surface area contributed by atoms with Gasteiger partial charge < -0.3 is 0 Å². The van der Waals surface area contributed by atoms with Gasteiger partial charge in [-0.05, 0) is 30.9 Å². The standard InChI is InChI=1S/C14H17NS/c1-12(2)8-9-14(10-11-15)16-13-6-4-3-5-7-13/h3-7,10,12H,8-9H2,1-2H3/b14-10-. The zero-order chi connectivity index (χ0) is 11.8. The molecule has 2 heteroatoms. The Balaban J connectivity index is 2.60. The second-order valence-electron chi connectivity index (χ2n) is 4.09. The Morgan fingerprint density at radius 1 is 1.38 bits per heavy atom. The molecule has 0 unspecified atom stereocenters. The molecule has 84 valence electrons. The Bertz CT molecular complexity index is 373. The molecule has 1 rings (SSSR count). The van der Waals surface area contributed by atoms with Crippen LogP contribution >= 0.6 is 11.8 Å². The quantitative estimate of drug-likeness (QED) is 0.545. The third kappa shape index (κ3) is 5.04. The molecule has 0 aromatic heterocycles. The van der Waals surface area contributed by atoms with Gasteiger partial charge in [-0.15, -0.1) is 0 Å². The fourth-order valence-corrected chi connectivity index (χ4v) is 2.22. The summed E-state index contributed by atoms with van der Waals surface area (Å²) in [5.41, 5.74) is 0. The highest BCUT2D eigenvalue weighted by molar-refractivity contribution is 8.03. The van der Waals surface area contributed by atoms with E-state index in [0.29, 0.717) is 5.92 Å². The van der Waals surface area contributed by atoms with Crippen LogP contribution in [-0.4, -0.2) is 0 Å². The van der Waals surface area contributed by atoms with E-state index in [1.165, 1.54) is 4.90 Å². The lowest BCUT2D eigenvalue weighted by Gasteiger charge is -2.07. The van der Waals surface area contributed by atoms with Crippen molar-refractivity contribution >= 4 is 11.8 Å². The average molecular weight is 231 g/mol. The van der Waals surface area contributed by atoms with Crippen LogP contribution in [0.4, 0.5) is 0 Å². The Kier molecular flexibility index (Phi) is 5.74. The molecule has 0 bridgehead atoms. The van der Waals surface area contributed by atoms with Gasteiger partial charge in [-0.25, -0.2) is 0 Å². The lowest BCUT2D eigenvalue weighted by atomic mass is 10.1. The molecule has 0 heterocycles. The first-order chi connectivity index (χ1) is 7.72. The van der Waals surface area contributed by atoms with Crippen molar-refractivity contribution in [2.24, 2.45) is 5.92 Å². The molecule has 1 aromatic carbocycles. The minimum Gasteiger partial charge on any atom is -0.193 e. The van der Waals surface area contributed by atoms with Gasteiger partial charge in [0.15, 0.2) is 0 Å². The number of hydrogen-bond acceptors (Lipinski definition) is 2. The maximum atomic E-state index is 8.74. The summed E-state index contributed by atoms with van der Waals surface area (Å²) in [6, 6.07) is 12.3. The van der Waals surface area contributed by atoms with Crippen LogP contribution in [0.1, 0.15) is 26.7 Å². The van der Waals surface area contributed by atoms with Crippen LogP contribution in [0.3, 0.4) is 0 Å². The molecule has 0 aliphatic rings. The molecule has 1 aromatic rings. The number of hydrogen-bond donors (Lipinski definition) is 0. The lowest BCUT2D eigenvalue weighted by molar-refractivity contribution is 0.592. The minimum absolute atomic E-state index is 0.679. The van der Waals surface area contributed by atoms with Crippen molar-refractivity contribution in [2.45, 2.75) is 31.6 Å². The second-order valence-corrected chi connectivity index (χ2v) is 5.29. The molecule has 0 atom stereocenters. The molecular formula is C14H17NS. The number of allylic oxidation sites excluding steroid dienone is 2. The Labute approximate surface area is 102 Å². The summed E-state index contributed by atoms with van der Waals surface area (Å²) in [6.45, 7) is 4.41. The monoisotopic (exact) mass is 231 g/mol. The normalized spacial score (nSPS) is 11.5. The molecule has 0 radical (unpaired) electrons. The Hall–Kier alpha value is -1.20. The molecule has 0 fully saturated rings. The molecule has 0 aliphatic heterocycles. The summed E-state index contributed by atoms with van der Waals surface area (Å²) in [7, 11) is 0. The van der Waals surface area contributed by atoms with Crippen molar-refractivity contribution in [1.82, 2.24) is 0 Å². The molecule has 16 heavy (non-hydrogen) atoms. The number of thioether (sulfide) groups is 1. The van der Waals surface area contributed by atoms with E-state index in [1.807, 2.05) is 18.2 Å². The highest BCUT2D eigenvalue weighted by Crippen LogP contribution is 2.30. The molecule has 0 aliphatic carbocycles. The highest BCUT2D eigenvalue weighted by atomic mass is 32.2. The molecule has 0 N–H and O–H groups in total. The van der Waals surface area contributed by atoms with E-state index in [2.05, 4.69) is 32.0 Å². The number of nitrogens with zero attached hydrogens (tertiary/aromatic N) is 1. The minimum atomic E-state index is 0.679. The Morgan fingerprint density at radius 2 is 2.06 bits per heavy atom. The van der Waals surface area contributed by atoms with Crippen LogP contribution in [0, 0.1) is 17.2 Å². The van der Waals surface area contributed by atoms with Crippen molar-refractivity contribution in [3.63, 3.8) is 0 Å². The lowest BCUT2D eigenvalue weighted by Crippen LogP contribution is -1.88. The van der Waals surface area contributed by atoms with Crippen molar-refractivity contribution in [3.05, 3.63) is 41.3 Å². The number of benzene rings is 1. The van der Waals surface area contributed by atoms with Gasteiger partial charge in [-0.2, -0.15) is 5.26 Å². The van der Waals surface area contributed by atoms with Gasteiger partial charge in [0.1, 0.15) is 0 Å². The average Bonchev–Trinajstić information content (AvgIpc) is 2.27. The number of rotatable bonds is 5. The van der Waals surface area contributed by atoms with E-state index in [9.17, 15) is 0 Å². The van der Waals surface area contributed by atoms with Crippen LogP contribution in [0.25, 0.3) is 0 Å². The first kappa shape index (κ1) is 12.9. The van der Waals surface area contributed by atoms with E-state index >= 15 is 0 Å². The first-order valence-electron chi connectivity index (χ1n) is 5.54. The molecule has 0 saturated heterocycles. The summed E-state index contributed by atoms with van der Waals surface area (Å²) in [6.07, 6.45) is 3.79. The molecule has 0 amide bonds. The summed E-state index contributed by atoms with van der Waals surface area (Å²) < 4.78 is 0. The third-order valence-corrected chi connectivity index (χ3v) is 3.28. The van der Waals surface area contributed by atoms with Crippen molar-refractivity contribution in [1.29, 1.82) is 5.26 Å². The van der Waals surface area contributed by atoms with Crippen LogP contribution in [0.15, 0.2) is 46.2 Å². The van der Waals surface area contributed by atoms with E-state index in [1.54, 1.807) is 17.8 Å².